The van der Waals surface area contributed by atoms with Crippen LogP contribution in [0.25, 0.3) is 21.6 Å². The maximum absolute atomic E-state index is 12.1. The Labute approximate surface area is 201 Å². The minimum Gasteiger partial charge on any atom is -0.384 e. The fraction of sp³-hybridized carbons (Fsp3) is 0.500. The first-order valence-corrected chi connectivity index (χ1v) is 12.2. The quantitative estimate of drug-likeness (QED) is 0.530. The summed E-state index contributed by atoms with van der Waals surface area (Å²) >= 11 is 1.66. The van der Waals surface area contributed by atoms with Gasteiger partial charge in [-0.25, -0.2) is 19.9 Å². The van der Waals surface area contributed by atoms with Crippen molar-refractivity contribution in [1.29, 1.82) is 0 Å². The first kappa shape index (κ1) is 22.8. The SMILES string of the molecule is CC(O)C(=O)N1CCN(Cc2cc3c(N4CCOCC4)nc(-c4cnc(N)nc4)nc3s2)CC1. The normalized spacial score (nSPS) is 18.4. The largest absolute Gasteiger partial charge is 0.384 e. The lowest BCUT2D eigenvalue weighted by molar-refractivity contribution is -0.141. The molecular weight excluding hydrogens is 456 g/mol. The lowest BCUT2D eigenvalue weighted by Gasteiger charge is -2.35. The van der Waals surface area contributed by atoms with Crippen LogP contribution in [0.2, 0.25) is 0 Å². The van der Waals surface area contributed by atoms with Crippen LogP contribution in [0.15, 0.2) is 18.5 Å². The van der Waals surface area contributed by atoms with Gasteiger partial charge in [0, 0.05) is 63.1 Å². The number of rotatable bonds is 5. The van der Waals surface area contributed by atoms with Crippen molar-refractivity contribution in [3.05, 3.63) is 23.3 Å². The summed E-state index contributed by atoms with van der Waals surface area (Å²) in [4.78, 5) is 38.4. The number of nitrogen functional groups attached to an aromatic ring is 1. The number of nitrogens with two attached hydrogens (primary N) is 1. The van der Waals surface area contributed by atoms with Crippen molar-refractivity contribution in [2.24, 2.45) is 0 Å². The van der Waals surface area contributed by atoms with Crippen molar-refractivity contribution >= 4 is 39.2 Å². The van der Waals surface area contributed by atoms with Gasteiger partial charge in [-0.15, -0.1) is 11.3 Å². The molecule has 1 unspecified atom stereocenters. The van der Waals surface area contributed by atoms with Gasteiger partial charge < -0.3 is 25.4 Å². The Morgan fingerprint density at radius 3 is 2.53 bits per heavy atom. The summed E-state index contributed by atoms with van der Waals surface area (Å²) in [5.41, 5.74) is 6.37. The number of piperazine rings is 1. The third-order valence-electron chi connectivity index (χ3n) is 6.09. The summed E-state index contributed by atoms with van der Waals surface area (Å²) in [6.07, 6.45) is 2.34. The van der Waals surface area contributed by atoms with Gasteiger partial charge in [0.2, 0.25) is 5.95 Å². The summed E-state index contributed by atoms with van der Waals surface area (Å²) < 4.78 is 5.54. The molecule has 12 heteroatoms. The topological polar surface area (TPSA) is 134 Å². The molecular formula is C22H28N8O3S. The summed E-state index contributed by atoms with van der Waals surface area (Å²) in [6, 6.07) is 2.18. The van der Waals surface area contributed by atoms with Crippen molar-refractivity contribution in [3.63, 3.8) is 0 Å². The zero-order chi connectivity index (χ0) is 23.7. The second-order valence-corrected chi connectivity index (χ2v) is 9.62. The molecule has 11 nitrogen and oxygen atoms in total. The van der Waals surface area contributed by atoms with Crippen LogP contribution < -0.4 is 10.6 Å². The highest BCUT2D eigenvalue weighted by molar-refractivity contribution is 7.18. The monoisotopic (exact) mass is 484 g/mol. The van der Waals surface area contributed by atoms with E-state index in [1.807, 2.05) is 0 Å². The third kappa shape index (κ3) is 4.80. The zero-order valence-electron chi connectivity index (χ0n) is 19.1. The summed E-state index contributed by atoms with van der Waals surface area (Å²) in [6.45, 7) is 7.94. The molecule has 0 bridgehead atoms. The number of fused-ring (bicyclic) bond motifs is 1. The Hall–Kier alpha value is -2.93. The number of aromatic nitrogens is 4. The van der Waals surface area contributed by atoms with Gasteiger partial charge >= 0.3 is 0 Å². The van der Waals surface area contributed by atoms with E-state index in [1.165, 1.54) is 11.8 Å². The first-order chi connectivity index (χ1) is 16.5. The second-order valence-electron chi connectivity index (χ2n) is 8.51. The van der Waals surface area contributed by atoms with Gasteiger partial charge in [-0.2, -0.15) is 0 Å². The lowest BCUT2D eigenvalue weighted by Crippen LogP contribution is -2.50. The van der Waals surface area contributed by atoms with E-state index in [1.54, 1.807) is 28.6 Å². The maximum Gasteiger partial charge on any atom is 0.251 e. The van der Waals surface area contributed by atoms with Crippen LogP contribution in [-0.4, -0.2) is 99.3 Å². The van der Waals surface area contributed by atoms with E-state index in [0.29, 0.717) is 32.1 Å². The third-order valence-corrected chi connectivity index (χ3v) is 7.10. The Morgan fingerprint density at radius 1 is 1.15 bits per heavy atom. The fourth-order valence-electron chi connectivity index (χ4n) is 4.24. The standard InChI is InChI=1S/C22H28N8O3S/c1-14(31)21(32)30-4-2-28(3-5-30)13-16-10-17-19(29-6-8-33-9-7-29)26-18(27-20(17)34-16)15-11-24-22(23)25-12-15/h10-12,14,31H,2-9,13H2,1H3,(H2,23,24,25). The molecule has 2 aliphatic heterocycles. The summed E-state index contributed by atoms with van der Waals surface area (Å²) in [5.74, 6) is 1.49. The van der Waals surface area contributed by atoms with E-state index in [9.17, 15) is 9.90 Å². The average Bonchev–Trinajstić information content (AvgIpc) is 3.26. The van der Waals surface area contributed by atoms with Crippen LogP contribution in [0.5, 0.6) is 0 Å². The number of thiophene rings is 1. The number of hydrogen-bond acceptors (Lipinski definition) is 11. The van der Waals surface area contributed by atoms with Crippen molar-refractivity contribution < 1.29 is 14.6 Å². The minimum absolute atomic E-state index is 0.203. The summed E-state index contributed by atoms with van der Waals surface area (Å²) in [7, 11) is 0. The molecule has 3 N–H and O–H groups in total. The molecule has 3 aromatic heterocycles. The van der Waals surface area contributed by atoms with Gasteiger partial charge in [0.25, 0.3) is 5.91 Å². The zero-order valence-corrected chi connectivity index (χ0v) is 19.9. The predicted molar refractivity (Wildman–Crippen MR) is 129 cm³/mol. The number of anilines is 2. The van der Waals surface area contributed by atoms with Gasteiger partial charge in [0.05, 0.1) is 24.2 Å². The van der Waals surface area contributed by atoms with Crippen LogP contribution >= 0.6 is 11.3 Å². The van der Waals surface area contributed by atoms with Gasteiger partial charge in [-0.1, -0.05) is 0 Å². The van der Waals surface area contributed by atoms with Crippen LogP contribution in [0, 0.1) is 0 Å². The van der Waals surface area contributed by atoms with E-state index in [4.69, 9.17) is 20.4 Å². The van der Waals surface area contributed by atoms with Crippen LogP contribution in [0.3, 0.4) is 0 Å². The van der Waals surface area contributed by atoms with Gasteiger partial charge in [-0.05, 0) is 13.0 Å². The second kappa shape index (κ2) is 9.74. The molecule has 2 fully saturated rings. The number of aliphatic hydroxyl groups is 1. The Bertz CT molecular complexity index is 1150. The molecule has 3 aromatic rings. The molecule has 180 valence electrons. The molecule has 0 aliphatic carbocycles. The highest BCUT2D eigenvalue weighted by Gasteiger charge is 2.25. The molecule has 2 aliphatic rings. The Morgan fingerprint density at radius 2 is 1.85 bits per heavy atom. The molecule has 0 saturated carbocycles. The highest BCUT2D eigenvalue weighted by atomic mass is 32.1. The number of carbonyl (C=O) groups excluding carboxylic acids is 1. The maximum atomic E-state index is 12.1. The molecule has 2 saturated heterocycles. The van der Waals surface area contributed by atoms with E-state index in [2.05, 4.69) is 25.8 Å². The molecule has 0 radical (unpaired) electrons. The number of carbonyl (C=O) groups is 1. The predicted octanol–water partition coefficient (Wildman–Crippen LogP) is 0.592. The molecule has 34 heavy (non-hydrogen) atoms. The van der Waals surface area contributed by atoms with E-state index in [-0.39, 0.29) is 11.9 Å². The number of nitrogens with zero attached hydrogens (tertiary/aromatic N) is 7. The minimum atomic E-state index is -0.952. The van der Waals surface area contributed by atoms with Crippen LogP contribution in [-0.2, 0) is 16.1 Å². The summed E-state index contributed by atoms with van der Waals surface area (Å²) in [5, 5.41) is 10.6. The average molecular weight is 485 g/mol. The molecule has 1 atom stereocenters. The number of morpholine rings is 1. The smallest absolute Gasteiger partial charge is 0.251 e. The van der Waals surface area contributed by atoms with Crippen LogP contribution in [0.4, 0.5) is 11.8 Å². The van der Waals surface area contributed by atoms with Gasteiger partial charge in [0.15, 0.2) is 5.82 Å². The molecule has 5 heterocycles. The number of amides is 1. The number of ether oxygens (including phenoxy) is 1. The molecule has 5 rings (SSSR count). The molecule has 1 amide bonds. The van der Waals surface area contributed by atoms with Gasteiger partial charge in [-0.3, -0.25) is 9.69 Å². The van der Waals surface area contributed by atoms with Gasteiger partial charge in [0.1, 0.15) is 16.8 Å². The number of hydrogen-bond donors (Lipinski definition) is 2. The first-order valence-electron chi connectivity index (χ1n) is 11.4. The number of aliphatic hydroxyl groups excluding tert-OH is 1. The Balaban J connectivity index is 1.41. The van der Waals surface area contributed by atoms with Crippen molar-refractivity contribution in [2.45, 2.75) is 19.6 Å². The molecule has 0 aromatic carbocycles. The van der Waals surface area contributed by atoms with E-state index < -0.39 is 6.10 Å². The Kier molecular flexibility index (Phi) is 6.55. The van der Waals surface area contributed by atoms with Crippen molar-refractivity contribution in [2.75, 3.05) is 63.1 Å². The highest BCUT2D eigenvalue weighted by Crippen LogP contribution is 2.34. The lowest BCUT2D eigenvalue weighted by atomic mass is 10.2. The van der Waals surface area contributed by atoms with Crippen LogP contribution in [0.1, 0.15) is 11.8 Å². The van der Waals surface area contributed by atoms with E-state index >= 15 is 0 Å². The van der Waals surface area contributed by atoms with Crippen molar-refractivity contribution in [1.82, 2.24) is 29.7 Å². The fourth-order valence-corrected chi connectivity index (χ4v) is 5.31. The van der Waals surface area contributed by atoms with Crippen molar-refractivity contribution in [3.8, 4) is 11.4 Å². The van der Waals surface area contributed by atoms with E-state index in [0.717, 1.165) is 54.3 Å². The molecule has 0 spiro atoms.